The molecular formula is C33H32BN3O2. The van der Waals surface area contributed by atoms with Crippen LogP contribution in [0.5, 0.6) is 0 Å². The first-order chi connectivity index (χ1) is 18.7. The Labute approximate surface area is 230 Å². The predicted molar refractivity (Wildman–Crippen MR) is 160 cm³/mol. The summed E-state index contributed by atoms with van der Waals surface area (Å²) >= 11 is 0. The Balaban J connectivity index is 1.44. The van der Waals surface area contributed by atoms with Gasteiger partial charge in [-0.1, -0.05) is 115 Å². The molecule has 5 aromatic rings. The van der Waals surface area contributed by atoms with Crippen LogP contribution in [0.1, 0.15) is 27.7 Å². The Hall–Kier alpha value is -4.13. The molecule has 39 heavy (non-hydrogen) atoms. The van der Waals surface area contributed by atoms with Crippen LogP contribution < -0.4 is 5.46 Å². The standard InChI is InChI=1S/C33H32BN3O2/c1-32(2,38)33(3,4)39-34-28-17-11-16-27(22-28)23-18-20-26(21-19-23)31-36-29(24-12-7-5-8-13-24)35-30(37-31)25-14-9-6-10-15-25/h5-22,34,38H,1-4H3. The number of rotatable bonds is 8. The van der Waals surface area contributed by atoms with Gasteiger partial charge in [0.05, 0.1) is 11.2 Å². The third-order valence-electron chi connectivity index (χ3n) is 7.18. The van der Waals surface area contributed by atoms with Crippen LogP contribution in [-0.4, -0.2) is 38.7 Å². The minimum Gasteiger partial charge on any atom is -0.427 e. The lowest BCUT2D eigenvalue weighted by molar-refractivity contribution is -0.0893. The monoisotopic (exact) mass is 513 g/mol. The van der Waals surface area contributed by atoms with Crippen LogP contribution in [0, 0.1) is 0 Å². The molecule has 0 aliphatic carbocycles. The summed E-state index contributed by atoms with van der Waals surface area (Å²) < 4.78 is 6.07. The second-order valence-electron chi connectivity index (χ2n) is 10.7. The van der Waals surface area contributed by atoms with Crippen molar-refractivity contribution in [3.05, 3.63) is 109 Å². The predicted octanol–water partition coefficient (Wildman–Crippen LogP) is 6.08. The zero-order chi connectivity index (χ0) is 27.5. The molecule has 0 radical (unpaired) electrons. The van der Waals surface area contributed by atoms with Crippen LogP contribution >= 0.6 is 0 Å². The van der Waals surface area contributed by atoms with E-state index in [1.165, 1.54) is 0 Å². The molecular weight excluding hydrogens is 481 g/mol. The van der Waals surface area contributed by atoms with E-state index in [2.05, 4.69) is 36.4 Å². The first-order valence-corrected chi connectivity index (χ1v) is 13.1. The maximum Gasteiger partial charge on any atom is 0.309 e. The molecule has 0 fully saturated rings. The van der Waals surface area contributed by atoms with Gasteiger partial charge >= 0.3 is 7.48 Å². The number of benzene rings is 4. The molecule has 0 saturated carbocycles. The second-order valence-corrected chi connectivity index (χ2v) is 10.7. The Kier molecular flexibility index (Phi) is 7.42. The molecule has 6 heteroatoms. The lowest BCUT2D eigenvalue weighted by atomic mass is 9.81. The smallest absolute Gasteiger partial charge is 0.309 e. The molecule has 5 nitrogen and oxygen atoms in total. The molecule has 5 rings (SSSR count). The fraction of sp³-hybridized carbons (Fsp3) is 0.182. The number of nitrogens with zero attached hydrogens (tertiary/aromatic N) is 3. The molecule has 0 unspecified atom stereocenters. The van der Waals surface area contributed by atoms with Crippen molar-refractivity contribution in [2.45, 2.75) is 38.9 Å². The van der Waals surface area contributed by atoms with Gasteiger partial charge in [-0.25, -0.2) is 15.0 Å². The lowest BCUT2D eigenvalue weighted by Gasteiger charge is -2.37. The summed E-state index contributed by atoms with van der Waals surface area (Å²) in [6, 6.07) is 36.5. The molecule has 0 bridgehead atoms. The molecule has 1 aromatic heterocycles. The van der Waals surface area contributed by atoms with Crippen molar-refractivity contribution in [2.75, 3.05) is 0 Å². The molecule has 194 valence electrons. The molecule has 0 spiro atoms. The summed E-state index contributed by atoms with van der Waals surface area (Å²) in [4.78, 5) is 14.4. The highest BCUT2D eigenvalue weighted by Gasteiger charge is 2.35. The highest BCUT2D eigenvalue weighted by molar-refractivity contribution is 6.47. The van der Waals surface area contributed by atoms with E-state index in [9.17, 15) is 5.11 Å². The Morgan fingerprint density at radius 3 is 1.46 bits per heavy atom. The van der Waals surface area contributed by atoms with Crippen molar-refractivity contribution in [3.8, 4) is 45.3 Å². The van der Waals surface area contributed by atoms with E-state index in [4.69, 9.17) is 19.6 Å². The van der Waals surface area contributed by atoms with Crippen molar-refractivity contribution in [3.63, 3.8) is 0 Å². The van der Waals surface area contributed by atoms with Gasteiger partial charge in [-0.3, -0.25) is 0 Å². The average Bonchev–Trinajstić information content (AvgIpc) is 2.96. The van der Waals surface area contributed by atoms with Crippen LogP contribution in [0.4, 0.5) is 0 Å². The second kappa shape index (κ2) is 10.9. The molecule has 0 amide bonds. The first kappa shape index (κ1) is 26.5. The van der Waals surface area contributed by atoms with E-state index in [1.807, 2.05) is 86.6 Å². The van der Waals surface area contributed by atoms with Crippen LogP contribution in [0.15, 0.2) is 109 Å². The van der Waals surface area contributed by atoms with Gasteiger partial charge in [-0.2, -0.15) is 0 Å². The SMILES string of the molecule is CC(C)(O)C(C)(C)OBc1cccc(-c2ccc(-c3nc(-c4ccccc4)nc(-c4ccccc4)n3)cc2)c1. The summed E-state index contributed by atoms with van der Waals surface area (Å²) in [5.41, 5.74) is 4.41. The maximum absolute atomic E-state index is 10.4. The highest BCUT2D eigenvalue weighted by Crippen LogP contribution is 2.27. The van der Waals surface area contributed by atoms with Gasteiger partial charge in [-0.15, -0.1) is 0 Å². The summed E-state index contributed by atoms with van der Waals surface area (Å²) in [6.07, 6.45) is 0. The maximum atomic E-state index is 10.4. The normalized spacial score (nSPS) is 11.8. The zero-order valence-electron chi connectivity index (χ0n) is 22.8. The summed E-state index contributed by atoms with van der Waals surface area (Å²) in [5, 5.41) is 10.4. The van der Waals surface area contributed by atoms with Crippen molar-refractivity contribution in [2.24, 2.45) is 0 Å². The van der Waals surface area contributed by atoms with Crippen LogP contribution in [0.2, 0.25) is 0 Å². The Morgan fingerprint density at radius 2 is 0.974 bits per heavy atom. The molecule has 1 N–H and O–H groups in total. The molecule has 0 saturated heterocycles. The van der Waals surface area contributed by atoms with E-state index in [1.54, 1.807) is 13.8 Å². The average molecular weight is 513 g/mol. The largest absolute Gasteiger partial charge is 0.427 e. The number of hydrogen-bond acceptors (Lipinski definition) is 5. The minimum atomic E-state index is -0.948. The quantitative estimate of drug-likeness (QED) is 0.255. The summed E-state index contributed by atoms with van der Waals surface area (Å²) in [6.45, 7) is 7.35. The number of hydrogen-bond donors (Lipinski definition) is 1. The number of aromatic nitrogens is 3. The van der Waals surface area contributed by atoms with E-state index < -0.39 is 11.2 Å². The van der Waals surface area contributed by atoms with Gasteiger partial charge in [-0.05, 0) is 38.8 Å². The molecule has 0 aliphatic rings. The van der Waals surface area contributed by atoms with Crippen molar-refractivity contribution < 1.29 is 9.76 Å². The Morgan fingerprint density at radius 1 is 0.538 bits per heavy atom. The van der Waals surface area contributed by atoms with Crippen molar-refractivity contribution >= 4 is 12.9 Å². The van der Waals surface area contributed by atoms with E-state index in [0.29, 0.717) is 25.0 Å². The first-order valence-electron chi connectivity index (χ1n) is 13.1. The van der Waals surface area contributed by atoms with Crippen LogP contribution in [0.25, 0.3) is 45.3 Å². The van der Waals surface area contributed by atoms with Gasteiger partial charge in [0.1, 0.15) is 0 Å². The van der Waals surface area contributed by atoms with Gasteiger partial charge in [0.2, 0.25) is 0 Å². The lowest BCUT2D eigenvalue weighted by Crippen LogP contribution is -2.49. The van der Waals surface area contributed by atoms with E-state index >= 15 is 0 Å². The zero-order valence-corrected chi connectivity index (χ0v) is 22.8. The van der Waals surface area contributed by atoms with Gasteiger partial charge < -0.3 is 9.76 Å². The molecule has 4 aromatic carbocycles. The van der Waals surface area contributed by atoms with Gasteiger partial charge in [0, 0.05) is 16.7 Å². The molecule has 0 atom stereocenters. The van der Waals surface area contributed by atoms with Gasteiger partial charge in [0.25, 0.3) is 0 Å². The minimum absolute atomic E-state index is 0.415. The highest BCUT2D eigenvalue weighted by atomic mass is 16.5. The topological polar surface area (TPSA) is 68.1 Å². The van der Waals surface area contributed by atoms with Crippen LogP contribution in [-0.2, 0) is 4.65 Å². The third-order valence-corrected chi connectivity index (χ3v) is 7.18. The Bertz CT molecular complexity index is 1490. The fourth-order valence-corrected chi connectivity index (χ4v) is 4.03. The van der Waals surface area contributed by atoms with Crippen LogP contribution in [0.3, 0.4) is 0 Å². The third kappa shape index (κ3) is 6.14. The molecule has 0 aliphatic heterocycles. The molecule has 1 heterocycles. The summed E-state index contributed by atoms with van der Waals surface area (Å²) in [5.74, 6) is 1.92. The van der Waals surface area contributed by atoms with E-state index in [0.717, 1.165) is 33.3 Å². The fourth-order valence-electron chi connectivity index (χ4n) is 4.03. The number of aliphatic hydroxyl groups is 1. The van der Waals surface area contributed by atoms with Crippen molar-refractivity contribution in [1.29, 1.82) is 0 Å². The summed E-state index contributed by atoms with van der Waals surface area (Å²) in [7, 11) is 0.415. The van der Waals surface area contributed by atoms with E-state index in [-0.39, 0.29) is 0 Å². The van der Waals surface area contributed by atoms with Gasteiger partial charge in [0.15, 0.2) is 17.5 Å². The van der Waals surface area contributed by atoms with Crippen molar-refractivity contribution in [1.82, 2.24) is 15.0 Å².